The number of amides is 1. The molecule has 158 valence electrons. The van der Waals surface area contributed by atoms with Gasteiger partial charge in [-0.15, -0.1) is 10.2 Å². The standard InChI is InChI=1S/C23H23N5O3/c1-4-11-28-23(31)16-8-6-5-7-15(16)20(27-28)22(30)26-25-19-17-12-14(13(2)3)9-10-18(17)24-21(19)29/h5-10,12-13,24,29H,4,11H2,1-3H3. The Hall–Kier alpha value is -3.81. The highest BCUT2D eigenvalue weighted by molar-refractivity contribution is 6.05. The summed E-state index contributed by atoms with van der Waals surface area (Å²) in [5.41, 5.74) is 1.77. The van der Waals surface area contributed by atoms with Crippen molar-refractivity contribution in [1.82, 2.24) is 14.8 Å². The number of carbonyl (C=O) groups excluding carboxylic acids is 1. The Morgan fingerprint density at radius 3 is 2.61 bits per heavy atom. The molecule has 8 heteroatoms. The Labute approximate surface area is 178 Å². The highest BCUT2D eigenvalue weighted by Crippen LogP contribution is 2.37. The van der Waals surface area contributed by atoms with Crippen LogP contribution in [-0.4, -0.2) is 25.8 Å². The molecule has 0 unspecified atom stereocenters. The fourth-order valence-electron chi connectivity index (χ4n) is 3.54. The van der Waals surface area contributed by atoms with Crippen LogP contribution >= 0.6 is 0 Å². The van der Waals surface area contributed by atoms with Crippen molar-refractivity contribution in [1.29, 1.82) is 0 Å². The van der Waals surface area contributed by atoms with Gasteiger partial charge in [0.15, 0.2) is 11.4 Å². The number of aryl methyl sites for hydroxylation is 1. The highest BCUT2D eigenvalue weighted by Gasteiger charge is 2.18. The summed E-state index contributed by atoms with van der Waals surface area (Å²) >= 11 is 0. The van der Waals surface area contributed by atoms with Gasteiger partial charge in [0.2, 0.25) is 5.88 Å². The Bertz CT molecular complexity index is 1380. The maximum absolute atomic E-state index is 12.9. The lowest BCUT2D eigenvalue weighted by atomic mass is 10.0. The predicted molar refractivity (Wildman–Crippen MR) is 119 cm³/mol. The summed E-state index contributed by atoms with van der Waals surface area (Å²) in [4.78, 5) is 28.4. The Balaban J connectivity index is 1.79. The number of hydrogen-bond donors (Lipinski definition) is 2. The van der Waals surface area contributed by atoms with Gasteiger partial charge in [-0.25, -0.2) is 4.68 Å². The molecule has 2 aromatic carbocycles. The van der Waals surface area contributed by atoms with E-state index in [1.54, 1.807) is 24.3 Å². The smallest absolute Gasteiger partial charge is 0.316 e. The van der Waals surface area contributed by atoms with Crippen LogP contribution < -0.4 is 5.56 Å². The first-order valence-corrected chi connectivity index (χ1v) is 10.2. The molecule has 2 heterocycles. The molecule has 0 fully saturated rings. The lowest BCUT2D eigenvalue weighted by Gasteiger charge is -2.07. The van der Waals surface area contributed by atoms with Gasteiger partial charge in [-0.1, -0.05) is 45.0 Å². The lowest BCUT2D eigenvalue weighted by molar-refractivity contribution is 0.0989. The molecule has 0 aliphatic carbocycles. The SMILES string of the molecule is CCCn1nc(C(=O)N=Nc2c(O)[nH]c3ccc(C(C)C)cc23)c2ccccc2c1=O. The van der Waals surface area contributed by atoms with Crippen LogP contribution in [0, 0.1) is 0 Å². The van der Waals surface area contributed by atoms with Gasteiger partial charge in [0.05, 0.1) is 10.9 Å². The van der Waals surface area contributed by atoms with Crippen LogP contribution in [0.1, 0.15) is 49.2 Å². The molecule has 0 saturated heterocycles. The fraction of sp³-hybridized carbons (Fsp3) is 0.261. The molecule has 2 N–H and O–H groups in total. The van der Waals surface area contributed by atoms with Gasteiger partial charge < -0.3 is 10.1 Å². The van der Waals surface area contributed by atoms with Crippen molar-refractivity contribution in [2.24, 2.45) is 10.2 Å². The Kier molecular flexibility index (Phi) is 5.37. The van der Waals surface area contributed by atoms with Gasteiger partial charge >= 0.3 is 5.91 Å². The van der Waals surface area contributed by atoms with E-state index in [2.05, 4.69) is 34.2 Å². The zero-order valence-corrected chi connectivity index (χ0v) is 17.6. The number of aromatic nitrogens is 3. The van der Waals surface area contributed by atoms with Crippen LogP contribution in [0.3, 0.4) is 0 Å². The summed E-state index contributed by atoms with van der Waals surface area (Å²) in [5, 5.41) is 23.9. The van der Waals surface area contributed by atoms with Crippen molar-refractivity contribution in [3.05, 3.63) is 64.1 Å². The number of azo groups is 1. The van der Waals surface area contributed by atoms with E-state index in [1.165, 1.54) is 4.68 Å². The van der Waals surface area contributed by atoms with E-state index in [4.69, 9.17) is 0 Å². The van der Waals surface area contributed by atoms with Crippen molar-refractivity contribution < 1.29 is 9.90 Å². The maximum atomic E-state index is 12.9. The topological polar surface area (TPSA) is 113 Å². The third kappa shape index (κ3) is 3.72. The first-order valence-electron chi connectivity index (χ1n) is 10.2. The van der Waals surface area contributed by atoms with Gasteiger partial charge in [0.1, 0.15) is 0 Å². The summed E-state index contributed by atoms with van der Waals surface area (Å²) in [5.74, 6) is -0.556. The normalized spacial score (nSPS) is 11.9. The molecule has 0 bridgehead atoms. The third-order valence-electron chi connectivity index (χ3n) is 5.19. The first kappa shape index (κ1) is 20.5. The molecule has 0 spiro atoms. The minimum atomic E-state index is -0.685. The lowest BCUT2D eigenvalue weighted by Crippen LogP contribution is -2.25. The number of fused-ring (bicyclic) bond motifs is 2. The number of carbonyl (C=O) groups is 1. The maximum Gasteiger partial charge on any atom is 0.316 e. The predicted octanol–water partition coefficient (Wildman–Crippen LogP) is 5.04. The number of nitrogens with zero attached hydrogens (tertiary/aromatic N) is 4. The molecule has 0 aliphatic rings. The molecule has 0 atom stereocenters. The molecule has 0 radical (unpaired) electrons. The number of aromatic hydroxyl groups is 1. The second-order valence-corrected chi connectivity index (χ2v) is 7.71. The van der Waals surface area contributed by atoms with E-state index in [0.29, 0.717) is 40.6 Å². The number of aromatic amines is 1. The summed E-state index contributed by atoms with van der Waals surface area (Å²) in [7, 11) is 0. The molecule has 8 nitrogen and oxygen atoms in total. The second-order valence-electron chi connectivity index (χ2n) is 7.71. The average Bonchev–Trinajstić information content (AvgIpc) is 3.08. The minimum Gasteiger partial charge on any atom is -0.493 e. The van der Waals surface area contributed by atoms with Crippen LogP contribution in [0.15, 0.2) is 57.5 Å². The van der Waals surface area contributed by atoms with Crippen molar-refractivity contribution in [2.75, 3.05) is 0 Å². The van der Waals surface area contributed by atoms with Gasteiger partial charge in [-0.2, -0.15) is 5.10 Å². The van der Waals surface area contributed by atoms with E-state index >= 15 is 0 Å². The zero-order chi connectivity index (χ0) is 22.1. The molecule has 4 rings (SSSR count). The van der Waals surface area contributed by atoms with Crippen LogP contribution in [0.2, 0.25) is 0 Å². The molecular weight excluding hydrogens is 394 g/mol. The largest absolute Gasteiger partial charge is 0.493 e. The molecule has 1 amide bonds. The van der Waals surface area contributed by atoms with E-state index < -0.39 is 5.91 Å². The van der Waals surface area contributed by atoms with Crippen LogP contribution in [0.4, 0.5) is 5.69 Å². The molecule has 0 saturated carbocycles. The average molecular weight is 417 g/mol. The summed E-state index contributed by atoms with van der Waals surface area (Å²) in [6.45, 7) is 6.46. The van der Waals surface area contributed by atoms with Crippen molar-refractivity contribution in [2.45, 2.75) is 39.7 Å². The third-order valence-corrected chi connectivity index (χ3v) is 5.19. The van der Waals surface area contributed by atoms with E-state index in [9.17, 15) is 14.7 Å². The van der Waals surface area contributed by atoms with Gasteiger partial charge in [-0.3, -0.25) is 9.59 Å². The Morgan fingerprint density at radius 1 is 1.16 bits per heavy atom. The quantitative estimate of drug-likeness (QED) is 0.443. The van der Waals surface area contributed by atoms with E-state index in [-0.39, 0.29) is 22.8 Å². The highest BCUT2D eigenvalue weighted by atomic mass is 16.3. The van der Waals surface area contributed by atoms with Gasteiger partial charge in [-0.05, 0) is 36.1 Å². The Morgan fingerprint density at radius 2 is 1.90 bits per heavy atom. The minimum absolute atomic E-state index is 0.0506. The van der Waals surface area contributed by atoms with Crippen LogP contribution in [-0.2, 0) is 6.54 Å². The molecular formula is C23H23N5O3. The first-order chi connectivity index (χ1) is 14.9. The monoisotopic (exact) mass is 417 g/mol. The fourth-order valence-corrected chi connectivity index (χ4v) is 3.54. The number of hydrogen-bond acceptors (Lipinski definition) is 5. The van der Waals surface area contributed by atoms with Crippen LogP contribution in [0.5, 0.6) is 5.88 Å². The van der Waals surface area contributed by atoms with Gasteiger partial charge in [0.25, 0.3) is 5.56 Å². The number of H-pyrrole nitrogens is 1. The second kappa shape index (κ2) is 8.14. The van der Waals surface area contributed by atoms with E-state index in [1.807, 2.05) is 25.1 Å². The molecule has 31 heavy (non-hydrogen) atoms. The molecule has 4 aromatic rings. The number of nitrogens with one attached hydrogen (secondary N) is 1. The molecule has 0 aliphatic heterocycles. The summed E-state index contributed by atoms with van der Waals surface area (Å²) < 4.78 is 1.28. The van der Waals surface area contributed by atoms with E-state index in [0.717, 1.165) is 5.56 Å². The van der Waals surface area contributed by atoms with Crippen molar-refractivity contribution in [3.63, 3.8) is 0 Å². The summed E-state index contributed by atoms with van der Waals surface area (Å²) in [6, 6.07) is 12.6. The zero-order valence-electron chi connectivity index (χ0n) is 17.6. The summed E-state index contributed by atoms with van der Waals surface area (Å²) in [6.07, 6.45) is 0.696. The number of benzene rings is 2. The number of rotatable bonds is 5. The van der Waals surface area contributed by atoms with Crippen molar-refractivity contribution >= 4 is 33.3 Å². The molecule has 2 aromatic heterocycles. The van der Waals surface area contributed by atoms with Crippen LogP contribution in [0.25, 0.3) is 21.7 Å². The van der Waals surface area contributed by atoms with Crippen molar-refractivity contribution in [3.8, 4) is 5.88 Å². The van der Waals surface area contributed by atoms with Gasteiger partial charge in [0, 0.05) is 17.3 Å².